The molecule has 0 fully saturated rings. The van der Waals surface area contributed by atoms with Gasteiger partial charge in [0.1, 0.15) is 6.61 Å². The first kappa shape index (κ1) is 15.2. The van der Waals surface area contributed by atoms with Crippen molar-refractivity contribution in [2.75, 3.05) is 20.8 Å². The number of ether oxygens (including phenoxy) is 3. The van der Waals surface area contributed by atoms with E-state index in [4.69, 9.17) is 24.5 Å². The lowest BCUT2D eigenvalue weighted by molar-refractivity contribution is 0.228. The molecule has 1 aromatic heterocycles. The van der Waals surface area contributed by atoms with Crippen LogP contribution < -0.4 is 19.9 Å². The molecular weight excluding hydrogens is 272 g/mol. The predicted molar refractivity (Wildman–Crippen MR) is 77.9 cm³/mol. The van der Waals surface area contributed by atoms with E-state index in [-0.39, 0.29) is 6.61 Å². The number of nitrogens with zero attached hydrogens (tertiary/aromatic N) is 1. The van der Waals surface area contributed by atoms with E-state index in [1.165, 1.54) is 0 Å². The second-order valence-corrected chi connectivity index (χ2v) is 4.59. The van der Waals surface area contributed by atoms with Crippen molar-refractivity contribution in [1.29, 1.82) is 0 Å². The number of hydrogen-bond acceptors (Lipinski definition) is 6. The Labute approximate surface area is 123 Å². The molecule has 0 unspecified atom stereocenters. The Balaban J connectivity index is 2.23. The van der Waals surface area contributed by atoms with Gasteiger partial charge >= 0.3 is 0 Å². The maximum atomic E-state index is 5.77. The third kappa shape index (κ3) is 3.66. The highest BCUT2D eigenvalue weighted by Gasteiger charge is 2.15. The molecule has 0 saturated carbocycles. The zero-order chi connectivity index (χ0) is 15.2. The van der Waals surface area contributed by atoms with Gasteiger partial charge < -0.3 is 24.5 Å². The van der Waals surface area contributed by atoms with Crippen LogP contribution in [0.15, 0.2) is 22.7 Å². The summed E-state index contributed by atoms with van der Waals surface area (Å²) in [5.74, 6) is 2.39. The van der Waals surface area contributed by atoms with Gasteiger partial charge in [0.2, 0.25) is 5.75 Å². The number of aromatic nitrogens is 1. The van der Waals surface area contributed by atoms with Crippen molar-refractivity contribution in [1.82, 2.24) is 5.16 Å². The molecule has 2 N–H and O–H groups in total. The zero-order valence-electron chi connectivity index (χ0n) is 12.5. The summed E-state index contributed by atoms with van der Waals surface area (Å²) < 4.78 is 21.6. The number of aryl methyl sites for hydroxylation is 1. The molecule has 0 amide bonds. The normalized spacial score (nSPS) is 10.5. The Bertz CT molecular complexity index is 570. The van der Waals surface area contributed by atoms with Crippen molar-refractivity contribution in [3.63, 3.8) is 0 Å². The molecule has 6 heteroatoms. The van der Waals surface area contributed by atoms with Crippen molar-refractivity contribution in [3.8, 4) is 17.2 Å². The molecule has 0 spiro atoms. The van der Waals surface area contributed by atoms with Crippen molar-refractivity contribution in [3.05, 3.63) is 35.2 Å². The Kier molecular flexibility index (Phi) is 5.05. The molecule has 0 atom stereocenters. The standard InChI is InChI=1S/C15H20N2O4/c1-10-6-12(21-17-10)9-20-15-13(18-2)7-11(4-5-16)8-14(15)19-3/h6-8H,4-5,9,16H2,1-3H3. The zero-order valence-corrected chi connectivity index (χ0v) is 12.5. The second-order valence-electron chi connectivity index (χ2n) is 4.59. The highest BCUT2D eigenvalue weighted by molar-refractivity contribution is 5.54. The molecule has 0 radical (unpaired) electrons. The summed E-state index contributed by atoms with van der Waals surface area (Å²) >= 11 is 0. The van der Waals surface area contributed by atoms with Crippen molar-refractivity contribution in [2.24, 2.45) is 5.73 Å². The molecule has 0 aliphatic carbocycles. The minimum Gasteiger partial charge on any atom is -0.493 e. The quantitative estimate of drug-likeness (QED) is 0.841. The summed E-state index contributed by atoms with van der Waals surface area (Å²) in [5.41, 5.74) is 7.43. The van der Waals surface area contributed by atoms with Gasteiger partial charge in [0.15, 0.2) is 17.3 Å². The molecule has 0 bridgehead atoms. The summed E-state index contributed by atoms with van der Waals surface area (Å²) in [5, 5.41) is 3.82. The van der Waals surface area contributed by atoms with Crippen LogP contribution in [0.2, 0.25) is 0 Å². The van der Waals surface area contributed by atoms with E-state index in [0.717, 1.165) is 17.7 Å². The van der Waals surface area contributed by atoms with Crippen LogP contribution in [0.3, 0.4) is 0 Å². The number of benzene rings is 1. The molecule has 2 rings (SSSR count). The first-order valence-electron chi connectivity index (χ1n) is 6.68. The van der Waals surface area contributed by atoms with Crippen LogP contribution in [-0.2, 0) is 13.0 Å². The topological polar surface area (TPSA) is 79.7 Å². The Morgan fingerprint density at radius 1 is 1.14 bits per heavy atom. The Hall–Kier alpha value is -2.21. The van der Waals surface area contributed by atoms with E-state index in [1.54, 1.807) is 14.2 Å². The van der Waals surface area contributed by atoms with Gasteiger partial charge in [0, 0.05) is 6.07 Å². The minimum atomic E-state index is 0.254. The van der Waals surface area contributed by atoms with E-state index >= 15 is 0 Å². The number of rotatable bonds is 7. The van der Waals surface area contributed by atoms with Crippen LogP contribution in [0.4, 0.5) is 0 Å². The monoisotopic (exact) mass is 292 g/mol. The van der Waals surface area contributed by atoms with E-state index in [2.05, 4.69) is 5.16 Å². The van der Waals surface area contributed by atoms with Gasteiger partial charge in [0.25, 0.3) is 0 Å². The molecule has 114 valence electrons. The SMILES string of the molecule is COc1cc(CCN)cc(OC)c1OCc1cc(C)no1. The summed E-state index contributed by atoms with van der Waals surface area (Å²) in [4.78, 5) is 0. The molecule has 6 nitrogen and oxygen atoms in total. The summed E-state index contributed by atoms with van der Waals surface area (Å²) in [6, 6.07) is 5.62. The largest absolute Gasteiger partial charge is 0.493 e. The molecule has 0 aliphatic heterocycles. The smallest absolute Gasteiger partial charge is 0.204 e. The first-order valence-corrected chi connectivity index (χ1v) is 6.68. The fourth-order valence-corrected chi connectivity index (χ4v) is 2.02. The molecule has 0 saturated heterocycles. The molecule has 1 heterocycles. The van der Waals surface area contributed by atoms with E-state index in [1.807, 2.05) is 25.1 Å². The van der Waals surface area contributed by atoms with Gasteiger partial charge in [-0.2, -0.15) is 0 Å². The number of hydrogen-bond donors (Lipinski definition) is 1. The van der Waals surface area contributed by atoms with Gasteiger partial charge in [0.05, 0.1) is 19.9 Å². The summed E-state index contributed by atoms with van der Waals surface area (Å²) in [6.45, 7) is 2.67. The lowest BCUT2D eigenvalue weighted by Gasteiger charge is -2.15. The van der Waals surface area contributed by atoms with Crippen LogP contribution in [0.1, 0.15) is 17.0 Å². The molecule has 1 aromatic carbocycles. The van der Waals surface area contributed by atoms with Gasteiger partial charge in [-0.3, -0.25) is 0 Å². The summed E-state index contributed by atoms with van der Waals surface area (Å²) in [6.07, 6.45) is 0.744. The van der Waals surface area contributed by atoms with Crippen molar-refractivity contribution >= 4 is 0 Å². The second kappa shape index (κ2) is 6.99. The van der Waals surface area contributed by atoms with Crippen molar-refractivity contribution < 1.29 is 18.7 Å². The number of nitrogens with two attached hydrogens (primary N) is 1. The first-order chi connectivity index (χ1) is 10.2. The average molecular weight is 292 g/mol. The Morgan fingerprint density at radius 2 is 1.81 bits per heavy atom. The van der Waals surface area contributed by atoms with Gasteiger partial charge in [-0.25, -0.2) is 0 Å². The maximum absolute atomic E-state index is 5.77. The minimum absolute atomic E-state index is 0.254. The van der Waals surface area contributed by atoms with Crippen LogP contribution in [0.5, 0.6) is 17.2 Å². The Morgan fingerprint density at radius 3 is 2.29 bits per heavy atom. The third-order valence-electron chi connectivity index (χ3n) is 2.99. The van der Waals surface area contributed by atoms with E-state index < -0.39 is 0 Å². The van der Waals surface area contributed by atoms with Crippen molar-refractivity contribution in [2.45, 2.75) is 20.0 Å². The van der Waals surface area contributed by atoms with Crippen LogP contribution >= 0.6 is 0 Å². The lowest BCUT2D eigenvalue weighted by Crippen LogP contribution is -2.05. The molecule has 2 aromatic rings. The van der Waals surface area contributed by atoms with Crippen LogP contribution in [0.25, 0.3) is 0 Å². The maximum Gasteiger partial charge on any atom is 0.204 e. The van der Waals surface area contributed by atoms with E-state index in [9.17, 15) is 0 Å². The molecular formula is C15H20N2O4. The lowest BCUT2D eigenvalue weighted by atomic mass is 10.1. The summed E-state index contributed by atoms with van der Waals surface area (Å²) in [7, 11) is 3.18. The fraction of sp³-hybridized carbons (Fsp3) is 0.400. The van der Waals surface area contributed by atoms with Gasteiger partial charge in [-0.05, 0) is 37.6 Å². The van der Waals surface area contributed by atoms with E-state index in [0.29, 0.717) is 29.6 Å². The predicted octanol–water partition coefficient (Wildman–Crippen LogP) is 2.08. The van der Waals surface area contributed by atoms with Crippen LogP contribution in [0, 0.1) is 6.92 Å². The number of methoxy groups -OCH3 is 2. The highest BCUT2D eigenvalue weighted by Crippen LogP contribution is 2.39. The molecule has 21 heavy (non-hydrogen) atoms. The van der Waals surface area contributed by atoms with Crippen LogP contribution in [-0.4, -0.2) is 25.9 Å². The molecule has 0 aliphatic rings. The highest BCUT2D eigenvalue weighted by atomic mass is 16.5. The average Bonchev–Trinajstić information content (AvgIpc) is 2.90. The van der Waals surface area contributed by atoms with Gasteiger partial charge in [-0.15, -0.1) is 0 Å². The third-order valence-corrected chi connectivity index (χ3v) is 2.99. The van der Waals surface area contributed by atoms with Gasteiger partial charge in [-0.1, -0.05) is 5.16 Å². The fourth-order valence-electron chi connectivity index (χ4n) is 2.02.